The molecule has 0 bridgehead atoms. The summed E-state index contributed by atoms with van der Waals surface area (Å²) in [6, 6.07) is 1.66. The molecule has 1 fully saturated rings. The van der Waals surface area contributed by atoms with Crippen molar-refractivity contribution in [1.29, 1.82) is 0 Å². The predicted molar refractivity (Wildman–Crippen MR) is 77.7 cm³/mol. The maximum Gasteiger partial charge on any atom is 0.436 e. The smallest absolute Gasteiger partial charge is 0.382 e. The molecule has 2 aromatic rings. The summed E-state index contributed by atoms with van der Waals surface area (Å²) in [5.41, 5.74) is 4.55. The Kier molecular flexibility index (Phi) is 3.74. The fourth-order valence-corrected chi connectivity index (χ4v) is 2.44. The van der Waals surface area contributed by atoms with Crippen LogP contribution in [0.15, 0.2) is 10.7 Å². The number of hydrogen-bond acceptors (Lipinski definition) is 5. The zero-order valence-corrected chi connectivity index (χ0v) is 13.0. The summed E-state index contributed by atoms with van der Waals surface area (Å²) in [5, 5.41) is 9.13. The van der Waals surface area contributed by atoms with E-state index < -0.39 is 33.9 Å². The third-order valence-electron chi connectivity index (χ3n) is 3.21. The minimum Gasteiger partial charge on any atom is -0.382 e. The van der Waals surface area contributed by atoms with Crippen LogP contribution in [-0.2, 0) is 6.18 Å². The number of halogens is 4. The number of hydrogen-bond donors (Lipinski definition) is 3. The first-order valence-electron chi connectivity index (χ1n) is 6.52. The molecule has 1 amide bonds. The lowest BCUT2D eigenvalue weighted by Crippen LogP contribution is -2.20. The van der Waals surface area contributed by atoms with Crippen LogP contribution in [-0.4, -0.2) is 26.1 Å². The van der Waals surface area contributed by atoms with E-state index >= 15 is 0 Å². The van der Waals surface area contributed by atoms with Crippen molar-refractivity contribution in [2.45, 2.75) is 24.9 Å². The number of anilines is 2. The molecule has 0 spiro atoms. The molecule has 2 aromatic heterocycles. The number of rotatable bonds is 3. The minimum absolute atomic E-state index is 0.314. The van der Waals surface area contributed by atoms with E-state index in [4.69, 9.17) is 5.73 Å². The third kappa shape index (κ3) is 3.28. The van der Waals surface area contributed by atoms with Crippen LogP contribution >= 0.6 is 15.9 Å². The predicted octanol–water partition coefficient (Wildman–Crippen LogP) is 2.69. The van der Waals surface area contributed by atoms with Crippen LogP contribution in [0, 0.1) is 0 Å². The number of alkyl halides is 3. The van der Waals surface area contributed by atoms with Crippen molar-refractivity contribution < 1.29 is 18.0 Å². The molecule has 1 saturated carbocycles. The molecule has 0 unspecified atom stereocenters. The zero-order chi connectivity index (χ0) is 16.8. The first-order valence-corrected chi connectivity index (χ1v) is 7.32. The monoisotopic (exact) mass is 390 g/mol. The normalized spacial score (nSPS) is 14.8. The highest BCUT2D eigenvalue weighted by Gasteiger charge is 2.37. The van der Waals surface area contributed by atoms with Gasteiger partial charge in [-0.1, -0.05) is 0 Å². The van der Waals surface area contributed by atoms with Crippen LogP contribution in [0.1, 0.15) is 40.6 Å². The second-order valence-electron chi connectivity index (χ2n) is 5.03. The quantitative estimate of drug-likeness (QED) is 0.746. The number of nitrogens with zero attached hydrogens (tertiary/aromatic N) is 3. The molecule has 0 atom stereocenters. The van der Waals surface area contributed by atoms with Gasteiger partial charge in [-0.25, -0.2) is 9.97 Å². The van der Waals surface area contributed by atoms with E-state index in [9.17, 15) is 18.0 Å². The molecule has 1 aliphatic rings. The third-order valence-corrected chi connectivity index (χ3v) is 3.76. The zero-order valence-electron chi connectivity index (χ0n) is 11.4. The van der Waals surface area contributed by atoms with Crippen molar-refractivity contribution in [3.63, 3.8) is 0 Å². The van der Waals surface area contributed by atoms with Crippen molar-refractivity contribution in [2.24, 2.45) is 0 Å². The second-order valence-corrected chi connectivity index (χ2v) is 5.78. The molecule has 3 rings (SSSR count). The van der Waals surface area contributed by atoms with Gasteiger partial charge in [0, 0.05) is 12.0 Å². The summed E-state index contributed by atoms with van der Waals surface area (Å²) >= 11 is 2.65. The Morgan fingerprint density at radius 3 is 2.70 bits per heavy atom. The number of H-pyrrole nitrogens is 1. The molecule has 23 heavy (non-hydrogen) atoms. The summed E-state index contributed by atoms with van der Waals surface area (Å²) in [4.78, 5) is 18.9. The first-order chi connectivity index (χ1) is 10.8. The molecule has 11 heteroatoms. The number of carbonyl (C=O) groups excluding carboxylic acids is 1. The van der Waals surface area contributed by atoms with Gasteiger partial charge in [0.15, 0.2) is 17.2 Å². The fourth-order valence-electron chi connectivity index (χ4n) is 1.95. The van der Waals surface area contributed by atoms with Gasteiger partial charge in [0.2, 0.25) is 0 Å². The Morgan fingerprint density at radius 2 is 2.09 bits per heavy atom. The molecule has 0 aliphatic heterocycles. The Hall–Kier alpha value is -2.17. The van der Waals surface area contributed by atoms with Crippen LogP contribution in [0.5, 0.6) is 0 Å². The van der Waals surface area contributed by atoms with Gasteiger partial charge in [-0.05, 0) is 28.8 Å². The number of aromatic nitrogens is 4. The average molecular weight is 391 g/mol. The van der Waals surface area contributed by atoms with Gasteiger partial charge in [0.1, 0.15) is 10.4 Å². The molecule has 4 N–H and O–H groups in total. The van der Waals surface area contributed by atoms with Crippen molar-refractivity contribution in [3.8, 4) is 0 Å². The van der Waals surface area contributed by atoms with Gasteiger partial charge in [0.25, 0.3) is 5.91 Å². The van der Waals surface area contributed by atoms with Gasteiger partial charge in [-0.2, -0.15) is 18.3 Å². The van der Waals surface area contributed by atoms with Crippen molar-refractivity contribution in [3.05, 3.63) is 27.8 Å². The van der Waals surface area contributed by atoms with E-state index in [-0.39, 0.29) is 0 Å². The lowest BCUT2D eigenvalue weighted by atomic mass is 10.3. The maximum absolute atomic E-state index is 12.7. The van der Waals surface area contributed by atoms with Crippen molar-refractivity contribution in [2.75, 3.05) is 11.1 Å². The number of amides is 1. The second kappa shape index (κ2) is 5.48. The van der Waals surface area contributed by atoms with Crippen molar-refractivity contribution in [1.82, 2.24) is 20.2 Å². The fraction of sp³-hybridized carbons (Fsp3) is 0.333. The maximum atomic E-state index is 12.7. The first kappa shape index (κ1) is 15.7. The summed E-state index contributed by atoms with van der Waals surface area (Å²) in [6.45, 7) is 0. The molecule has 0 aromatic carbocycles. The highest BCUT2D eigenvalue weighted by molar-refractivity contribution is 9.10. The molecule has 0 saturated heterocycles. The van der Waals surface area contributed by atoms with Crippen LogP contribution < -0.4 is 11.1 Å². The molecule has 1 aliphatic carbocycles. The number of aromatic amines is 1. The van der Waals surface area contributed by atoms with E-state index in [0.29, 0.717) is 11.7 Å². The molecule has 0 radical (unpaired) electrons. The van der Waals surface area contributed by atoms with E-state index in [1.807, 2.05) is 0 Å². The van der Waals surface area contributed by atoms with Crippen molar-refractivity contribution >= 4 is 33.5 Å². The molecular formula is C12H10BrF3N6O. The summed E-state index contributed by atoms with van der Waals surface area (Å²) < 4.78 is 37.5. The molecular weight excluding hydrogens is 381 g/mol. The Labute approximate surface area is 136 Å². The number of nitrogens with one attached hydrogen (secondary N) is 2. The largest absolute Gasteiger partial charge is 0.436 e. The van der Waals surface area contributed by atoms with Gasteiger partial charge < -0.3 is 11.1 Å². The van der Waals surface area contributed by atoms with Crippen LogP contribution in [0.2, 0.25) is 0 Å². The summed E-state index contributed by atoms with van der Waals surface area (Å²) in [7, 11) is 0. The van der Waals surface area contributed by atoms with E-state index in [1.165, 1.54) is 0 Å². The Balaban J connectivity index is 1.82. The van der Waals surface area contributed by atoms with Crippen LogP contribution in [0.25, 0.3) is 0 Å². The SMILES string of the molecule is Nc1nc(C(F)(F)F)c(Br)nc1C(=O)Nc1cc(C2CC2)n[nH]1. The Morgan fingerprint density at radius 1 is 1.39 bits per heavy atom. The van der Waals surface area contributed by atoms with Crippen LogP contribution in [0.3, 0.4) is 0 Å². The topological polar surface area (TPSA) is 110 Å². The number of carbonyl (C=O) groups is 1. The average Bonchev–Trinajstić information content (AvgIpc) is 3.20. The number of nitrogen functional groups attached to an aromatic ring is 1. The highest BCUT2D eigenvalue weighted by atomic mass is 79.9. The minimum atomic E-state index is -4.72. The van der Waals surface area contributed by atoms with Gasteiger partial charge in [0.05, 0.1) is 5.69 Å². The molecule has 7 nitrogen and oxygen atoms in total. The van der Waals surface area contributed by atoms with Gasteiger partial charge >= 0.3 is 6.18 Å². The Bertz CT molecular complexity index is 771. The van der Waals surface area contributed by atoms with E-state index in [2.05, 4.69) is 41.4 Å². The summed E-state index contributed by atoms with van der Waals surface area (Å²) in [5.74, 6) is -0.688. The van der Waals surface area contributed by atoms with E-state index in [1.54, 1.807) is 6.07 Å². The van der Waals surface area contributed by atoms with Crippen LogP contribution in [0.4, 0.5) is 24.8 Å². The van der Waals surface area contributed by atoms with Gasteiger partial charge in [-0.15, -0.1) is 0 Å². The van der Waals surface area contributed by atoms with Gasteiger partial charge in [-0.3, -0.25) is 9.89 Å². The lowest BCUT2D eigenvalue weighted by Gasteiger charge is -2.10. The molecule has 122 valence electrons. The standard InChI is InChI=1S/C12H10BrF3N6O/c13-9-8(12(14,15)16)20-10(17)7(19-9)11(23)18-6-3-5(21-22-6)4-1-2-4/h3-4H,1-2H2,(H2,17,20)(H2,18,21,22,23). The van der Waals surface area contributed by atoms with E-state index in [0.717, 1.165) is 18.5 Å². The highest BCUT2D eigenvalue weighted by Crippen LogP contribution is 2.39. The number of nitrogens with two attached hydrogens (primary N) is 1. The lowest BCUT2D eigenvalue weighted by molar-refractivity contribution is -0.142. The molecule has 2 heterocycles. The summed E-state index contributed by atoms with van der Waals surface area (Å²) in [6.07, 6.45) is -2.64.